The van der Waals surface area contributed by atoms with Crippen molar-refractivity contribution in [1.82, 2.24) is 14.6 Å². The van der Waals surface area contributed by atoms with Crippen molar-refractivity contribution in [2.75, 3.05) is 5.32 Å². The number of anilines is 1. The first kappa shape index (κ1) is 23.4. The second kappa shape index (κ2) is 9.25. The molecule has 0 aliphatic heterocycles. The molecule has 2 heterocycles. The second-order valence-electron chi connectivity index (χ2n) is 8.91. The molecule has 7 heteroatoms. The molecule has 0 fully saturated rings. The Hall–Kier alpha value is -3.74. The SMILES string of the molecule is Cc1cc(C)c(NC(=O)C(C)OC(=O)CCc2c(C)nc3c4ccccc4nn3c2C)c(C)c1. The van der Waals surface area contributed by atoms with Gasteiger partial charge in [-0.3, -0.25) is 9.59 Å². The highest BCUT2D eigenvalue weighted by Gasteiger charge is 2.21. The number of hydrogen-bond donors (Lipinski definition) is 1. The molecular formula is C27H30N4O3. The average molecular weight is 459 g/mol. The Bertz CT molecular complexity index is 1400. The first-order valence-corrected chi connectivity index (χ1v) is 11.5. The summed E-state index contributed by atoms with van der Waals surface area (Å²) in [5.41, 5.74) is 8.30. The van der Waals surface area contributed by atoms with E-state index in [1.54, 1.807) is 6.92 Å². The number of carbonyl (C=O) groups excluding carboxylic acids is 2. The summed E-state index contributed by atoms with van der Waals surface area (Å²) < 4.78 is 7.26. The summed E-state index contributed by atoms with van der Waals surface area (Å²) >= 11 is 0. The van der Waals surface area contributed by atoms with Gasteiger partial charge in [0.15, 0.2) is 11.8 Å². The first-order chi connectivity index (χ1) is 16.2. The van der Waals surface area contributed by atoms with Crippen LogP contribution in [0.2, 0.25) is 0 Å². The monoisotopic (exact) mass is 458 g/mol. The van der Waals surface area contributed by atoms with E-state index in [0.29, 0.717) is 6.42 Å². The van der Waals surface area contributed by atoms with Crippen LogP contribution in [-0.2, 0) is 20.7 Å². The molecule has 1 N–H and O–H groups in total. The van der Waals surface area contributed by atoms with Gasteiger partial charge in [-0.05, 0) is 76.8 Å². The van der Waals surface area contributed by atoms with Crippen LogP contribution in [0.3, 0.4) is 0 Å². The highest BCUT2D eigenvalue weighted by atomic mass is 16.5. The number of benzene rings is 2. The number of aromatic nitrogens is 3. The number of ether oxygens (including phenoxy) is 1. The summed E-state index contributed by atoms with van der Waals surface area (Å²) in [5.74, 6) is -0.772. The predicted octanol–water partition coefficient (Wildman–Crippen LogP) is 4.93. The van der Waals surface area contributed by atoms with Crippen molar-refractivity contribution in [2.45, 2.75) is 60.5 Å². The average Bonchev–Trinajstić information content (AvgIpc) is 3.14. The number of nitrogens with one attached hydrogen (secondary N) is 1. The van der Waals surface area contributed by atoms with Crippen molar-refractivity contribution in [3.63, 3.8) is 0 Å². The number of amides is 1. The quantitative estimate of drug-likeness (QED) is 0.414. The normalized spacial score (nSPS) is 12.2. The molecule has 1 atom stereocenters. The number of nitrogens with zero attached hydrogens (tertiary/aromatic N) is 3. The third kappa shape index (κ3) is 4.51. The summed E-state index contributed by atoms with van der Waals surface area (Å²) in [7, 11) is 0. The van der Waals surface area contributed by atoms with Crippen molar-refractivity contribution in [3.8, 4) is 0 Å². The van der Waals surface area contributed by atoms with Crippen LogP contribution < -0.4 is 5.32 Å². The molecule has 0 saturated carbocycles. The van der Waals surface area contributed by atoms with Gasteiger partial charge in [0.25, 0.3) is 5.91 Å². The predicted molar refractivity (Wildman–Crippen MR) is 133 cm³/mol. The second-order valence-corrected chi connectivity index (χ2v) is 8.91. The number of rotatable bonds is 6. The van der Waals surface area contributed by atoms with Crippen molar-refractivity contribution in [1.29, 1.82) is 0 Å². The fourth-order valence-corrected chi connectivity index (χ4v) is 4.48. The fourth-order valence-electron chi connectivity index (χ4n) is 4.48. The van der Waals surface area contributed by atoms with Crippen molar-refractivity contribution in [3.05, 3.63) is 70.0 Å². The number of hydrogen-bond acceptors (Lipinski definition) is 5. The maximum atomic E-state index is 12.6. The van der Waals surface area contributed by atoms with Gasteiger partial charge in [-0.1, -0.05) is 29.8 Å². The molecule has 0 bridgehead atoms. The zero-order valence-corrected chi connectivity index (χ0v) is 20.5. The van der Waals surface area contributed by atoms with Crippen LogP contribution in [0.4, 0.5) is 5.69 Å². The fraction of sp³-hybridized carbons (Fsp3) is 0.333. The molecule has 0 saturated heterocycles. The molecule has 4 rings (SSSR count). The molecule has 1 amide bonds. The Morgan fingerprint density at radius 1 is 1.06 bits per heavy atom. The van der Waals surface area contributed by atoms with Gasteiger partial charge in [0, 0.05) is 28.9 Å². The summed E-state index contributed by atoms with van der Waals surface area (Å²) in [6, 6.07) is 11.9. The minimum absolute atomic E-state index is 0.149. The van der Waals surface area contributed by atoms with E-state index in [-0.39, 0.29) is 12.3 Å². The summed E-state index contributed by atoms with van der Waals surface area (Å²) in [6.45, 7) is 11.4. The molecule has 176 valence electrons. The molecule has 2 aromatic carbocycles. The van der Waals surface area contributed by atoms with Gasteiger partial charge in [-0.15, -0.1) is 0 Å². The van der Waals surface area contributed by atoms with Crippen molar-refractivity contribution < 1.29 is 14.3 Å². The van der Waals surface area contributed by atoms with Crippen molar-refractivity contribution in [2.24, 2.45) is 0 Å². The van der Waals surface area contributed by atoms with E-state index >= 15 is 0 Å². The molecule has 0 spiro atoms. The number of carbonyl (C=O) groups is 2. The van der Waals surface area contributed by atoms with Gasteiger partial charge in [-0.2, -0.15) is 5.10 Å². The number of fused-ring (bicyclic) bond motifs is 3. The highest BCUT2D eigenvalue weighted by molar-refractivity contribution is 5.96. The van der Waals surface area contributed by atoms with E-state index in [1.165, 1.54) is 0 Å². The Labute approximate surface area is 199 Å². The van der Waals surface area contributed by atoms with E-state index in [2.05, 4.69) is 10.4 Å². The maximum absolute atomic E-state index is 12.6. The third-order valence-electron chi connectivity index (χ3n) is 6.20. The Kier molecular flexibility index (Phi) is 6.37. The zero-order valence-electron chi connectivity index (χ0n) is 20.5. The van der Waals surface area contributed by atoms with Gasteiger partial charge in [0.2, 0.25) is 0 Å². The maximum Gasteiger partial charge on any atom is 0.306 e. The lowest BCUT2D eigenvalue weighted by atomic mass is 10.0. The summed E-state index contributed by atoms with van der Waals surface area (Å²) in [4.78, 5) is 29.9. The molecule has 7 nitrogen and oxygen atoms in total. The van der Waals surface area contributed by atoms with Gasteiger partial charge in [0.05, 0.1) is 5.52 Å². The molecule has 34 heavy (non-hydrogen) atoms. The van der Waals surface area contributed by atoms with Crippen LogP contribution in [0.1, 0.15) is 47.0 Å². The standard InChI is InChI=1S/C27H30N4O3/c1-15-13-16(2)25(17(3)14-15)29-27(33)20(6)34-24(32)12-11-21-18(4)28-26-22-9-7-8-10-23(22)30-31(26)19(21)5/h7-10,13-14,20H,11-12H2,1-6H3,(H,29,33). The Balaban J connectivity index is 1.43. The largest absolute Gasteiger partial charge is 0.453 e. The molecule has 2 aromatic heterocycles. The van der Waals surface area contributed by atoms with Crippen LogP contribution >= 0.6 is 0 Å². The van der Waals surface area contributed by atoms with Gasteiger partial charge in [-0.25, -0.2) is 9.50 Å². The van der Waals surface area contributed by atoms with Crippen LogP contribution in [0, 0.1) is 34.6 Å². The zero-order chi connectivity index (χ0) is 24.6. The molecule has 0 aliphatic rings. The van der Waals surface area contributed by atoms with Crippen LogP contribution in [0.5, 0.6) is 0 Å². The van der Waals surface area contributed by atoms with E-state index in [1.807, 2.05) is 75.5 Å². The van der Waals surface area contributed by atoms with E-state index < -0.39 is 12.1 Å². The molecular weight excluding hydrogens is 428 g/mol. The summed E-state index contributed by atoms with van der Waals surface area (Å²) in [5, 5.41) is 8.56. The number of aryl methyl sites for hydroxylation is 5. The lowest BCUT2D eigenvalue weighted by molar-refractivity contribution is -0.153. The lowest BCUT2D eigenvalue weighted by Gasteiger charge is -2.17. The minimum Gasteiger partial charge on any atom is -0.453 e. The smallest absolute Gasteiger partial charge is 0.306 e. The summed E-state index contributed by atoms with van der Waals surface area (Å²) in [6.07, 6.45) is -0.289. The lowest BCUT2D eigenvalue weighted by Crippen LogP contribution is -2.30. The Morgan fingerprint density at radius 3 is 2.44 bits per heavy atom. The van der Waals surface area contributed by atoms with E-state index in [9.17, 15) is 9.59 Å². The topological polar surface area (TPSA) is 85.6 Å². The van der Waals surface area contributed by atoms with Crippen LogP contribution in [-0.4, -0.2) is 32.6 Å². The first-order valence-electron chi connectivity index (χ1n) is 11.5. The molecule has 0 aliphatic carbocycles. The third-order valence-corrected chi connectivity index (χ3v) is 6.20. The van der Waals surface area contributed by atoms with Gasteiger partial charge in [0.1, 0.15) is 0 Å². The number of esters is 1. The molecule has 4 aromatic rings. The van der Waals surface area contributed by atoms with Crippen molar-refractivity contribution >= 4 is 34.1 Å². The van der Waals surface area contributed by atoms with Crippen LogP contribution in [0.25, 0.3) is 16.6 Å². The Morgan fingerprint density at radius 2 is 1.74 bits per heavy atom. The molecule has 0 radical (unpaired) electrons. The van der Waals surface area contributed by atoms with Gasteiger partial charge < -0.3 is 10.1 Å². The van der Waals surface area contributed by atoms with Gasteiger partial charge >= 0.3 is 5.97 Å². The highest BCUT2D eigenvalue weighted by Crippen LogP contribution is 2.24. The van der Waals surface area contributed by atoms with Crippen LogP contribution in [0.15, 0.2) is 36.4 Å². The minimum atomic E-state index is -0.896. The van der Waals surface area contributed by atoms with E-state index in [4.69, 9.17) is 9.72 Å². The van der Waals surface area contributed by atoms with E-state index in [0.717, 1.165) is 55.9 Å². The molecule has 1 unspecified atom stereocenters.